The Morgan fingerprint density at radius 3 is 1.64 bits per heavy atom. The molecule has 0 aromatic carbocycles. The van der Waals surface area contributed by atoms with E-state index in [9.17, 15) is 0 Å². The molecule has 0 spiro atoms. The Bertz CT molecular complexity index is 300. The van der Waals surface area contributed by atoms with Crippen molar-refractivity contribution in [2.24, 2.45) is 11.8 Å². The number of hydrogen-bond acceptors (Lipinski definition) is 4. The number of piperazine rings is 1. The van der Waals surface area contributed by atoms with Crippen LogP contribution in [0.4, 0.5) is 0 Å². The van der Waals surface area contributed by atoms with Crippen molar-refractivity contribution in [3.63, 3.8) is 0 Å². The van der Waals surface area contributed by atoms with E-state index in [1.54, 1.807) is 0 Å². The molecule has 3 rings (SSSR count). The highest BCUT2D eigenvalue weighted by Gasteiger charge is 2.25. The van der Waals surface area contributed by atoms with Crippen LogP contribution >= 0.6 is 0 Å². The zero-order valence-corrected chi connectivity index (χ0v) is 14.6. The summed E-state index contributed by atoms with van der Waals surface area (Å²) in [4.78, 5) is 8.05. The van der Waals surface area contributed by atoms with Gasteiger partial charge in [0.15, 0.2) is 0 Å². The Morgan fingerprint density at radius 1 is 0.682 bits per heavy atom. The lowest BCUT2D eigenvalue weighted by Gasteiger charge is -2.39. The van der Waals surface area contributed by atoms with Gasteiger partial charge in [0.2, 0.25) is 0 Å². The topological polar surface area (TPSA) is 21.8 Å². The van der Waals surface area contributed by atoms with Crippen LogP contribution in [-0.2, 0) is 0 Å². The Labute approximate surface area is 137 Å². The van der Waals surface area contributed by atoms with Gasteiger partial charge >= 0.3 is 0 Å². The first-order valence-corrected chi connectivity index (χ1v) is 9.71. The molecule has 4 heteroatoms. The number of likely N-dealkylation sites (tertiary alicyclic amines) is 2. The van der Waals surface area contributed by atoms with Crippen LogP contribution in [0, 0.1) is 11.8 Å². The molecule has 1 N–H and O–H groups in total. The predicted octanol–water partition coefficient (Wildman–Crippen LogP) is 1.34. The quantitative estimate of drug-likeness (QED) is 0.827. The molecule has 3 saturated heterocycles. The van der Waals surface area contributed by atoms with Gasteiger partial charge in [-0.05, 0) is 70.2 Å². The van der Waals surface area contributed by atoms with Crippen LogP contribution in [0.25, 0.3) is 0 Å². The van der Waals surface area contributed by atoms with Gasteiger partial charge < -0.3 is 20.0 Å². The summed E-state index contributed by atoms with van der Waals surface area (Å²) < 4.78 is 0. The maximum absolute atomic E-state index is 3.46. The monoisotopic (exact) mass is 308 g/mol. The van der Waals surface area contributed by atoms with Crippen molar-refractivity contribution in [1.82, 2.24) is 20.0 Å². The first kappa shape index (κ1) is 16.7. The van der Waals surface area contributed by atoms with Crippen LogP contribution in [0.2, 0.25) is 0 Å². The largest absolute Gasteiger partial charge is 0.314 e. The van der Waals surface area contributed by atoms with E-state index in [1.165, 1.54) is 97.7 Å². The van der Waals surface area contributed by atoms with Gasteiger partial charge in [-0.2, -0.15) is 0 Å². The van der Waals surface area contributed by atoms with Crippen molar-refractivity contribution >= 4 is 0 Å². The molecule has 0 bridgehead atoms. The van der Waals surface area contributed by atoms with Gasteiger partial charge in [-0.15, -0.1) is 0 Å². The lowest BCUT2D eigenvalue weighted by atomic mass is 9.92. The molecule has 128 valence electrons. The van der Waals surface area contributed by atoms with Gasteiger partial charge in [-0.1, -0.05) is 6.92 Å². The molecule has 4 nitrogen and oxygen atoms in total. The van der Waals surface area contributed by atoms with Crippen molar-refractivity contribution < 1.29 is 0 Å². The smallest absolute Gasteiger partial charge is 0.0107 e. The molecule has 3 heterocycles. The van der Waals surface area contributed by atoms with Crippen LogP contribution in [0.5, 0.6) is 0 Å². The fourth-order valence-corrected chi connectivity index (χ4v) is 4.46. The zero-order valence-electron chi connectivity index (χ0n) is 14.6. The Hall–Kier alpha value is -0.160. The third-order valence-electron chi connectivity index (χ3n) is 6.10. The van der Waals surface area contributed by atoms with Crippen LogP contribution in [0.3, 0.4) is 0 Å². The molecule has 3 fully saturated rings. The Kier molecular flexibility index (Phi) is 6.54. The molecule has 0 saturated carbocycles. The molecule has 0 aromatic heterocycles. The summed E-state index contributed by atoms with van der Waals surface area (Å²) in [5.41, 5.74) is 0. The molecule has 0 aliphatic carbocycles. The second-order valence-corrected chi connectivity index (χ2v) is 7.67. The first-order valence-electron chi connectivity index (χ1n) is 9.71. The molecule has 3 aliphatic heterocycles. The van der Waals surface area contributed by atoms with Gasteiger partial charge in [0.1, 0.15) is 0 Å². The summed E-state index contributed by atoms with van der Waals surface area (Å²) in [6, 6.07) is 0. The third-order valence-corrected chi connectivity index (χ3v) is 6.10. The number of hydrogen-bond donors (Lipinski definition) is 1. The Balaban J connectivity index is 1.32. The first-order chi connectivity index (χ1) is 10.8. The lowest BCUT2D eigenvalue weighted by molar-refractivity contribution is 0.103. The molecular formula is C18H36N4. The SMILES string of the molecule is CCN1CCC(CN2CCC(CN3CCNCC3)CC2)CC1. The summed E-state index contributed by atoms with van der Waals surface area (Å²) in [5.74, 6) is 1.92. The normalized spacial score (nSPS) is 28.2. The highest BCUT2D eigenvalue weighted by Crippen LogP contribution is 2.23. The van der Waals surface area contributed by atoms with E-state index < -0.39 is 0 Å². The second kappa shape index (κ2) is 8.62. The van der Waals surface area contributed by atoms with E-state index in [2.05, 4.69) is 26.9 Å². The van der Waals surface area contributed by atoms with E-state index in [-0.39, 0.29) is 0 Å². The molecule has 3 aliphatic rings. The summed E-state index contributed by atoms with van der Waals surface area (Å²) in [5, 5.41) is 3.46. The average Bonchev–Trinajstić information content (AvgIpc) is 2.58. The van der Waals surface area contributed by atoms with Crippen LogP contribution < -0.4 is 5.32 Å². The summed E-state index contributed by atoms with van der Waals surface area (Å²) >= 11 is 0. The van der Waals surface area contributed by atoms with Crippen molar-refractivity contribution in [3.05, 3.63) is 0 Å². The van der Waals surface area contributed by atoms with Gasteiger partial charge in [0.05, 0.1) is 0 Å². The molecule has 0 amide bonds. The van der Waals surface area contributed by atoms with Crippen LogP contribution in [-0.4, -0.2) is 86.7 Å². The predicted molar refractivity (Wildman–Crippen MR) is 93.3 cm³/mol. The zero-order chi connectivity index (χ0) is 15.2. The molecule has 0 atom stereocenters. The van der Waals surface area contributed by atoms with Crippen molar-refractivity contribution in [2.45, 2.75) is 32.6 Å². The summed E-state index contributed by atoms with van der Waals surface area (Å²) in [7, 11) is 0. The number of nitrogens with zero attached hydrogens (tertiary/aromatic N) is 3. The third kappa shape index (κ3) is 4.92. The molecule has 0 unspecified atom stereocenters. The molecular weight excluding hydrogens is 272 g/mol. The minimum absolute atomic E-state index is 0.955. The average molecular weight is 309 g/mol. The van der Waals surface area contributed by atoms with Gasteiger partial charge in [0.25, 0.3) is 0 Å². The Morgan fingerprint density at radius 2 is 1.14 bits per heavy atom. The van der Waals surface area contributed by atoms with E-state index in [0.717, 1.165) is 11.8 Å². The standard InChI is InChI=1S/C18H36N4/c1-2-20-9-3-17(4-10-20)15-21-11-5-18(6-12-21)16-22-13-7-19-8-14-22/h17-19H,2-16H2,1H3. The fraction of sp³-hybridized carbons (Fsp3) is 1.00. The second-order valence-electron chi connectivity index (χ2n) is 7.67. The lowest BCUT2D eigenvalue weighted by Crippen LogP contribution is -2.47. The molecule has 22 heavy (non-hydrogen) atoms. The van der Waals surface area contributed by atoms with Gasteiger partial charge in [-0.3, -0.25) is 0 Å². The van der Waals surface area contributed by atoms with Crippen molar-refractivity contribution in [1.29, 1.82) is 0 Å². The number of piperidine rings is 2. The molecule has 0 aromatic rings. The van der Waals surface area contributed by atoms with Gasteiger partial charge in [-0.25, -0.2) is 0 Å². The van der Waals surface area contributed by atoms with Crippen molar-refractivity contribution in [2.75, 3.05) is 72.0 Å². The van der Waals surface area contributed by atoms with E-state index in [1.807, 2.05) is 0 Å². The van der Waals surface area contributed by atoms with E-state index in [0.29, 0.717) is 0 Å². The minimum Gasteiger partial charge on any atom is -0.314 e. The highest BCUT2D eigenvalue weighted by atomic mass is 15.2. The summed E-state index contributed by atoms with van der Waals surface area (Å²) in [6.07, 6.45) is 5.71. The number of nitrogens with one attached hydrogen (secondary N) is 1. The maximum Gasteiger partial charge on any atom is 0.0107 e. The van der Waals surface area contributed by atoms with E-state index in [4.69, 9.17) is 0 Å². The highest BCUT2D eigenvalue weighted by molar-refractivity contribution is 4.80. The molecule has 0 radical (unpaired) electrons. The maximum atomic E-state index is 3.46. The van der Waals surface area contributed by atoms with Gasteiger partial charge in [0, 0.05) is 39.3 Å². The minimum atomic E-state index is 0.955. The van der Waals surface area contributed by atoms with Crippen molar-refractivity contribution in [3.8, 4) is 0 Å². The van der Waals surface area contributed by atoms with Crippen LogP contribution in [0.15, 0.2) is 0 Å². The van der Waals surface area contributed by atoms with E-state index >= 15 is 0 Å². The fourth-order valence-electron chi connectivity index (χ4n) is 4.46. The summed E-state index contributed by atoms with van der Waals surface area (Å²) in [6.45, 7) is 16.5. The number of rotatable bonds is 5. The van der Waals surface area contributed by atoms with Crippen LogP contribution in [0.1, 0.15) is 32.6 Å².